The van der Waals surface area contributed by atoms with E-state index in [9.17, 15) is 0 Å². The van der Waals surface area contributed by atoms with Crippen molar-refractivity contribution >= 4 is 32.6 Å². The summed E-state index contributed by atoms with van der Waals surface area (Å²) in [6.07, 6.45) is 0.837. The van der Waals surface area contributed by atoms with Gasteiger partial charge in [0, 0.05) is 6.42 Å². The number of hydrogen-bond acceptors (Lipinski definition) is 2. The van der Waals surface area contributed by atoms with E-state index in [1.165, 1.54) is 49.4 Å². The molecular formula is C41H28N2O. The minimum absolute atomic E-state index is 0.837. The first-order valence-electron chi connectivity index (χ1n) is 15.2. The second kappa shape index (κ2) is 9.68. The highest BCUT2D eigenvalue weighted by atomic mass is 16.5. The van der Waals surface area contributed by atoms with Crippen LogP contribution in [0.5, 0.6) is 11.5 Å². The standard InChI is InChI=1S/C41H28N2O/c1-2-38-42-34-18-11-19-37-41(34)43(38)35-25-29(21-23-36(35)44-37)28-20-22-32-33(24-28)40(27-14-7-4-8-15-27)31-17-10-9-16-30(31)39(32)26-12-5-3-6-13-26/h3-25H,2H2,1H3. The summed E-state index contributed by atoms with van der Waals surface area (Å²) in [5.41, 5.74) is 10.3. The number of fused-ring (bicyclic) bond motifs is 4. The van der Waals surface area contributed by atoms with Crippen molar-refractivity contribution in [3.05, 3.63) is 145 Å². The smallest absolute Gasteiger partial charge is 0.153 e. The quantitative estimate of drug-likeness (QED) is 0.199. The molecule has 0 unspecified atom stereocenters. The van der Waals surface area contributed by atoms with Crippen LogP contribution in [0.3, 0.4) is 0 Å². The maximum Gasteiger partial charge on any atom is 0.153 e. The van der Waals surface area contributed by atoms with E-state index in [1.54, 1.807) is 0 Å². The highest BCUT2D eigenvalue weighted by Gasteiger charge is 2.24. The van der Waals surface area contributed by atoms with Crippen molar-refractivity contribution in [2.24, 2.45) is 0 Å². The number of aromatic nitrogens is 2. The largest absolute Gasteiger partial charge is 0.453 e. The van der Waals surface area contributed by atoms with Gasteiger partial charge in [0.05, 0.1) is 11.2 Å². The van der Waals surface area contributed by atoms with Crippen LogP contribution >= 0.6 is 0 Å². The van der Waals surface area contributed by atoms with Crippen LogP contribution in [-0.2, 0) is 6.42 Å². The van der Waals surface area contributed by atoms with Crippen molar-refractivity contribution in [2.45, 2.75) is 13.3 Å². The van der Waals surface area contributed by atoms with Crippen LogP contribution in [-0.4, -0.2) is 9.55 Å². The Labute approximate surface area is 255 Å². The number of rotatable bonds is 4. The van der Waals surface area contributed by atoms with Crippen LogP contribution in [0.2, 0.25) is 0 Å². The van der Waals surface area contributed by atoms with Crippen LogP contribution in [0.1, 0.15) is 12.7 Å². The molecule has 0 spiro atoms. The SMILES string of the molecule is CCc1nc2cccc3c2n1-c1cc(-c2ccc4c(-c5ccccc5)c5ccccc5c(-c5ccccc5)c4c2)ccc1O3. The van der Waals surface area contributed by atoms with Crippen molar-refractivity contribution < 1.29 is 4.74 Å². The first kappa shape index (κ1) is 24.9. The topological polar surface area (TPSA) is 27.1 Å². The molecule has 7 aromatic carbocycles. The molecular weight excluding hydrogens is 536 g/mol. The molecule has 44 heavy (non-hydrogen) atoms. The Morgan fingerprint density at radius 1 is 0.523 bits per heavy atom. The van der Waals surface area contributed by atoms with Gasteiger partial charge < -0.3 is 4.74 Å². The van der Waals surface area contributed by atoms with E-state index in [-0.39, 0.29) is 0 Å². The monoisotopic (exact) mass is 564 g/mol. The third kappa shape index (κ3) is 3.66. The van der Waals surface area contributed by atoms with Gasteiger partial charge in [-0.25, -0.2) is 4.98 Å². The average Bonchev–Trinajstić information content (AvgIpc) is 3.48. The summed E-state index contributed by atoms with van der Waals surface area (Å²) in [5, 5.41) is 5.01. The zero-order valence-electron chi connectivity index (χ0n) is 24.3. The number of imidazole rings is 1. The van der Waals surface area contributed by atoms with Gasteiger partial charge in [0.1, 0.15) is 11.3 Å². The van der Waals surface area contributed by atoms with Gasteiger partial charge >= 0.3 is 0 Å². The molecule has 2 heterocycles. The van der Waals surface area contributed by atoms with Gasteiger partial charge in [-0.15, -0.1) is 0 Å². The van der Waals surface area contributed by atoms with Gasteiger partial charge in [-0.1, -0.05) is 116 Å². The lowest BCUT2D eigenvalue weighted by Gasteiger charge is -2.22. The van der Waals surface area contributed by atoms with Gasteiger partial charge in [0.2, 0.25) is 0 Å². The van der Waals surface area contributed by atoms with E-state index in [2.05, 4.69) is 139 Å². The Bertz CT molecular complexity index is 2390. The summed E-state index contributed by atoms with van der Waals surface area (Å²) in [5.74, 6) is 2.75. The summed E-state index contributed by atoms with van der Waals surface area (Å²) in [6.45, 7) is 2.16. The highest BCUT2D eigenvalue weighted by molar-refractivity contribution is 6.22. The number of para-hydroxylation sites is 1. The van der Waals surface area contributed by atoms with Crippen LogP contribution in [0.15, 0.2) is 140 Å². The Morgan fingerprint density at radius 3 is 1.84 bits per heavy atom. The lowest BCUT2D eigenvalue weighted by atomic mass is 9.85. The molecule has 0 N–H and O–H groups in total. The minimum Gasteiger partial charge on any atom is -0.453 e. The normalized spacial score (nSPS) is 12.0. The molecule has 0 amide bonds. The van der Waals surface area contributed by atoms with Crippen molar-refractivity contribution in [1.82, 2.24) is 9.55 Å². The molecule has 3 nitrogen and oxygen atoms in total. The molecule has 0 bridgehead atoms. The summed E-state index contributed by atoms with van der Waals surface area (Å²) >= 11 is 0. The molecule has 0 radical (unpaired) electrons. The fraction of sp³-hybridized carbons (Fsp3) is 0.0488. The molecule has 1 aromatic heterocycles. The van der Waals surface area contributed by atoms with Gasteiger partial charge in [0.25, 0.3) is 0 Å². The molecule has 0 saturated heterocycles. The van der Waals surface area contributed by atoms with E-state index in [0.717, 1.165) is 46.0 Å². The summed E-state index contributed by atoms with van der Waals surface area (Å²) in [7, 11) is 0. The predicted octanol–water partition coefficient (Wildman–Crippen LogP) is 11.0. The summed E-state index contributed by atoms with van der Waals surface area (Å²) in [6, 6.07) is 50.0. The lowest BCUT2D eigenvalue weighted by Crippen LogP contribution is -2.07. The summed E-state index contributed by atoms with van der Waals surface area (Å²) < 4.78 is 8.68. The molecule has 3 heteroatoms. The molecule has 1 aliphatic rings. The molecule has 0 aliphatic carbocycles. The molecule has 208 valence electrons. The van der Waals surface area contributed by atoms with Crippen molar-refractivity contribution in [3.63, 3.8) is 0 Å². The minimum atomic E-state index is 0.837. The average molecular weight is 565 g/mol. The van der Waals surface area contributed by atoms with E-state index in [1.807, 2.05) is 12.1 Å². The lowest BCUT2D eigenvalue weighted by molar-refractivity contribution is 0.474. The van der Waals surface area contributed by atoms with Crippen LogP contribution in [0.4, 0.5) is 0 Å². The molecule has 0 saturated carbocycles. The Balaban J connectivity index is 1.33. The predicted molar refractivity (Wildman–Crippen MR) is 182 cm³/mol. The zero-order valence-corrected chi connectivity index (χ0v) is 24.3. The van der Waals surface area contributed by atoms with Crippen molar-refractivity contribution in [1.29, 1.82) is 0 Å². The number of hydrogen-bond donors (Lipinski definition) is 0. The van der Waals surface area contributed by atoms with E-state index >= 15 is 0 Å². The Kier molecular flexibility index (Phi) is 5.48. The fourth-order valence-electron chi connectivity index (χ4n) is 6.99. The second-order valence-corrected chi connectivity index (χ2v) is 11.4. The van der Waals surface area contributed by atoms with Crippen molar-refractivity contribution in [3.8, 4) is 50.6 Å². The first-order chi connectivity index (χ1) is 21.8. The Morgan fingerprint density at radius 2 is 1.14 bits per heavy atom. The second-order valence-electron chi connectivity index (χ2n) is 11.4. The number of aryl methyl sites for hydroxylation is 1. The van der Waals surface area contributed by atoms with E-state index in [0.29, 0.717) is 0 Å². The highest BCUT2D eigenvalue weighted by Crippen LogP contribution is 2.46. The fourth-order valence-corrected chi connectivity index (χ4v) is 6.99. The van der Waals surface area contributed by atoms with Crippen LogP contribution in [0, 0.1) is 0 Å². The van der Waals surface area contributed by atoms with Crippen LogP contribution in [0.25, 0.3) is 71.6 Å². The number of ether oxygens (including phenoxy) is 1. The van der Waals surface area contributed by atoms with E-state index < -0.39 is 0 Å². The van der Waals surface area contributed by atoms with Crippen molar-refractivity contribution in [2.75, 3.05) is 0 Å². The molecule has 0 atom stereocenters. The zero-order chi connectivity index (χ0) is 29.2. The number of nitrogens with zero attached hydrogens (tertiary/aromatic N) is 2. The number of benzene rings is 7. The third-order valence-electron chi connectivity index (χ3n) is 8.93. The van der Waals surface area contributed by atoms with Gasteiger partial charge in [0.15, 0.2) is 11.5 Å². The molecule has 1 aliphatic heterocycles. The molecule has 8 aromatic rings. The maximum absolute atomic E-state index is 6.40. The van der Waals surface area contributed by atoms with Gasteiger partial charge in [-0.05, 0) is 85.3 Å². The van der Waals surface area contributed by atoms with E-state index in [4.69, 9.17) is 9.72 Å². The van der Waals surface area contributed by atoms with Crippen LogP contribution < -0.4 is 4.74 Å². The maximum atomic E-state index is 6.40. The summed E-state index contributed by atoms with van der Waals surface area (Å²) in [4.78, 5) is 4.94. The Hall–Kier alpha value is -5.67. The molecule has 0 fully saturated rings. The van der Waals surface area contributed by atoms with Gasteiger partial charge in [-0.3, -0.25) is 4.57 Å². The third-order valence-corrected chi connectivity index (χ3v) is 8.93. The molecule has 9 rings (SSSR count). The first-order valence-corrected chi connectivity index (χ1v) is 15.2. The van der Waals surface area contributed by atoms with Gasteiger partial charge in [-0.2, -0.15) is 0 Å².